The topological polar surface area (TPSA) is 32.3 Å². The number of nitrogens with one attached hydrogen (secondary N) is 1. The molecular weight excluding hydrogens is 320 g/mol. The molecule has 1 N–H and O–H groups in total. The summed E-state index contributed by atoms with van der Waals surface area (Å²) in [6.45, 7) is 5.36. The molecule has 0 spiro atoms. The summed E-state index contributed by atoms with van der Waals surface area (Å²) in [6, 6.07) is 18.1. The molecule has 0 bridgehead atoms. The van der Waals surface area contributed by atoms with Gasteiger partial charge in [-0.2, -0.15) is 0 Å². The Morgan fingerprint density at radius 2 is 1.83 bits per heavy atom. The van der Waals surface area contributed by atoms with Gasteiger partial charge in [0.25, 0.3) is 0 Å². The number of nitrogens with zero attached hydrogens (tertiary/aromatic N) is 1. The van der Waals surface area contributed by atoms with Crippen molar-refractivity contribution in [3.8, 4) is 0 Å². The van der Waals surface area contributed by atoms with Crippen molar-refractivity contribution < 1.29 is 4.79 Å². The molecule has 0 aromatic heterocycles. The molecule has 0 aliphatic carbocycles. The van der Waals surface area contributed by atoms with E-state index in [1.54, 1.807) is 0 Å². The third-order valence-electron chi connectivity index (χ3n) is 3.98. The van der Waals surface area contributed by atoms with Gasteiger partial charge < -0.3 is 5.32 Å². The molecule has 2 aromatic carbocycles. The third kappa shape index (κ3) is 6.73. The third-order valence-corrected chi connectivity index (χ3v) is 4.21. The van der Waals surface area contributed by atoms with Crippen molar-refractivity contribution in [1.82, 2.24) is 10.2 Å². The molecular formula is C20H25ClN2O. The first-order valence-corrected chi connectivity index (χ1v) is 8.82. The molecule has 0 saturated heterocycles. The van der Waals surface area contributed by atoms with Crippen LogP contribution in [0.1, 0.15) is 24.5 Å². The number of hydrogen-bond acceptors (Lipinski definition) is 2. The first-order valence-electron chi connectivity index (χ1n) is 8.45. The summed E-state index contributed by atoms with van der Waals surface area (Å²) in [5.74, 6) is 0.100. The molecule has 128 valence electrons. The molecule has 0 heterocycles. The first kappa shape index (κ1) is 18.5. The minimum absolute atomic E-state index is 0.100. The summed E-state index contributed by atoms with van der Waals surface area (Å²) in [6.07, 6.45) is 1.32. The number of carbonyl (C=O) groups excluding carboxylic acids is 1. The van der Waals surface area contributed by atoms with Gasteiger partial charge in [0.15, 0.2) is 0 Å². The van der Waals surface area contributed by atoms with Crippen molar-refractivity contribution in [2.45, 2.75) is 26.3 Å². The molecule has 0 aliphatic heterocycles. The highest BCUT2D eigenvalue weighted by molar-refractivity contribution is 6.30. The van der Waals surface area contributed by atoms with Crippen LogP contribution in [-0.2, 0) is 17.8 Å². The van der Waals surface area contributed by atoms with Crippen LogP contribution in [0.25, 0.3) is 0 Å². The quantitative estimate of drug-likeness (QED) is 0.748. The van der Waals surface area contributed by atoms with Gasteiger partial charge in [-0.25, -0.2) is 0 Å². The summed E-state index contributed by atoms with van der Waals surface area (Å²) in [4.78, 5) is 14.3. The average molecular weight is 345 g/mol. The number of benzene rings is 2. The Bertz CT molecular complexity index is 631. The van der Waals surface area contributed by atoms with E-state index in [1.807, 2.05) is 42.5 Å². The largest absolute Gasteiger partial charge is 0.356 e. The highest BCUT2D eigenvalue weighted by Gasteiger charge is 2.07. The van der Waals surface area contributed by atoms with Crippen LogP contribution in [0.3, 0.4) is 0 Å². The molecule has 2 rings (SSSR count). The molecule has 1 amide bonds. The van der Waals surface area contributed by atoms with Crippen LogP contribution < -0.4 is 5.32 Å². The minimum Gasteiger partial charge on any atom is -0.356 e. The van der Waals surface area contributed by atoms with Gasteiger partial charge in [0.2, 0.25) is 5.91 Å². The number of amides is 1. The second-order valence-corrected chi connectivity index (χ2v) is 6.27. The van der Waals surface area contributed by atoms with Crippen molar-refractivity contribution in [1.29, 1.82) is 0 Å². The van der Waals surface area contributed by atoms with Gasteiger partial charge in [0.05, 0.1) is 0 Å². The van der Waals surface area contributed by atoms with Gasteiger partial charge in [0, 0.05) is 31.1 Å². The summed E-state index contributed by atoms with van der Waals surface area (Å²) in [5, 5.41) is 3.72. The first-order chi connectivity index (χ1) is 11.7. The standard InChI is InChI=1S/C20H25ClN2O/c1-2-23(16-18-7-4-3-5-8-18)14-12-20(24)22-13-11-17-9-6-10-19(21)15-17/h3-10,15H,2,11-14,16H2,1H3,(H,22,24). The Kier molecular flexibility index (Phi) is 7.80. The van der Waals surface area contributed by atoms with Crippen LogP contribution in [-0.4, -0.2) is 30.4 Å². The molecule has 0 unspecified atom stereocenters. The molecule has 2 aromatic rings. The van der Waals surface area contributed by atoms with Crippen molar-refractivity contribution in [2.24, 2.45) is 0 Å². The van der Waals surface area contributed by atoms with E-state index in [1.165, 1.54) is 5.56 Å². The molecule has 0 radical (unpaired) electrons. The van der Waals surface area contributed by atoms with Crippen LogP contribution in [0, 0.1) is 0 Å². The van der Waals surface area contributed by atoms with Gasteiger partial charge in [-0.1, -0.05) is 61.0 Å². The molecule has 0 saturated carbocycles. The molecule has 0 aliphatic rings. The zero-order chi connectivity index (χ0) is 17.2. The van der Waals surface area contributed by atoms with E-state index in [0.29, 0.717) is 13.0 Å². The SMILES string of the molecule is CCN(CCC(=O)NCCc1cccc(Cl)c1)Cc1ccccc1. The van der Waals surface area contributed by atoms with E-state index in [2.05, 4.69) is 29.3 Å². The number of hydrogen-bond donors (Lipinski definition) is 1. The zero-order valence-corrected chi connectivity index (χ0v) is 14.9. The number of carbonyl (C=O) groups is 1. The summed E-state index contributed by atoms with van der Waals surface area (Å²) >= 11 is 5.96. The highest BCUT2D eigenvalue weighted by atomic mass is 35.5. The van der Waals surface area contributed by atoms with Gasteiger partial charge >= 0.3 is 0 Å². The zero-order valence-electron chi connectivity index (χ0n) is 14.2. The van der Waals surface area contributed by atoms with E-state index in [0.717, 1.165) is 36.6 Å². The average Bonchev–Trinajstić information content (AvgIpc) is 2.59. The second-order valence-electron chi connectivity index (χ2n) is 5.83. The van der Waals surface area contributed by atoms with Gasteiger partial charge in [-0.3, -0.25) is 9.69 Å². The smallest absolute Gasteiger partial charge is 0.221 e. The maximum Gasteiger partial charge on any atom is 0.221 e. The number of halogens is 1. The monoisotopic (exact) mass is 344 g/mol. The van der Waals surface area contributed by atoms with Crippen LogP contribution in [0.5, 0.6) is 0 Å². The van der Waals surface area contributed by atoms with E-state index in [-0.39, 0.29) is 5.91 Å². The summed E-state index contributed by atoms with van der Waals surface area (Å²) in [7, 11) is 0. The second kappa shape index (κ2) is 10.1. The van der Waals surface area contributed by atoms with Crippen molar-refractivity contribution in [2.75, 3.05) is 19.6 Å². The van der Waals surface area contributed by atoms with Crippen molar-refractivity contribution in [3.05, 3.63) is 70.7 Å². The lowest BCUT2D eigenvalue weighted by Gasteiger charge is -2.20. The fourth-order valence-electron chi connectivity index (χ4n) is 2.58. The van der Waals surface area contributed by atoms with Crippen molar-refractivity contribution >= 4 is 17.5 Å². The van der Waals surface area contributed by atoms with Crippen molar-refractivity contribution in [3.63, 3.8) is 0 Å². The van der Waals surface area contributed by atoms with Crippen LogP contribution in [0.15, 0.2) is 54.6 Å². The molecule has 3 nitrogen and oxygen atoms in total. The Hall–Kier alpha value is -1.84. The van der Waals surface area contributed by atoms with Crippen LogP contribution in [0.2, 0.25) is 5.02 Å². The van der Waals surface area contributed by atoms with Crippen LogP contribution >= 0.6 is 11.6 Å². The lowest BCUT2D eigenvalue weighted by Crippen LogP contribution is -2.31. The van der Waals surface area contributed by atoms with Gasteiger partial charge in [-0.05, 0) is 36.2 Å². The summed E-state index contributed by atoms with van der Waals surface area (Å²) < 4.78 is 0. The normalized spacial score (nSPS) is 10.8. The Balaban J connectivity index is 1.68. The van der Waals surface area contributed by atoms with E-state index in [4.69, 9.17) is 11.6 Å². The highest BCUT2D eigenvalue weighted by Crippen LogP contribution is 2.10. The molecule has 24 heavy (non-hydrogen) atoms. The molecule has 0 atom stereocenters. The van der Waals surface area contributed by atoms with E-state index < -0.39 is 0 Å². The Morgan fingerprint density at radius 3 is 2.54 bits per heavy atom. The van der Waals surface area contributed by atoms with Crippen LogP contribution in [0.4, 0.5) is 0 Å². The number of rotatable bonds is 9. The lowest BCUT2D eigenvalue weighted by molar-refractivity contribution is -0.121. The van der Waals surface area contributed by atoms with Gasteiger partial charge in [0.1, 0.15) is 0 Å². The fourth-order valence-corrected chi connectivity index (χ4v) is 2.79. The Morgan fingerprint density at radius 1 is 1.08 bits per heavy atom. The van der Waals surface area contributed by atoms with E-state index in [9.17, 15) is 4.79 Å². The fraction of sp³-hybridized carbons (Fsp3) is 0.350. The molecule has 0 fully saturated rings. The minimum atomic E-state index is 0.100. The maximum absolute atomic E-state index is 12.0. The lowest BCUT2D eigenvalue weighted by atomic mass is 10.1. The Labute approximate surface area is 149 Å². The van der Waals surface area contributed by atoms with E-state index >= 15 is 0 Å². The molecule has 4 heteroatoms. The van der Waals surface area contributed by atoms with Gasteiger partial charge in [-0.15, -0.1) is 0 Å². The predicted molar refractivity (Wildman–Crippen MR) is 100 cm³/mol. The maximum atomic E-state index is 12.0. The predicted octanol–water partition coefficient (Wildman–Crippen LogP) is 3.91. The summed E-state index contributed by atoms with van der Waals surface area (Å²) in [5.41, 5.74) is 2.42.